The molecular weight excluding hydrogens is 924 g/mol. The minimum atomic E-state index is -2.58. The fourth-order valence-corrected chi connectivity index (χ4v) is 8.04. The number of benzene rings is 4. The summed E-state index contributed by atoms with van der Waals surface area (Å²) >= 11 is 0. The van der Waals surface area contributed by atoms with Crippen molar-refractivity contribution in [3.8, 4) is 80.1 Å². The van der Waals surface area contributed by atoms with Gasteiger partial charge in [0.2, 0.25) is 29.6 Å². The molecule has 8 rings (SSSR count). The van der Waals surface area contributed by atoms with Gasteiger partial charge in [0.1, 0.15) is 12.7 Å². The van der Waals surface area contributed by atoms with Crippen molar-refractivity contribution in [1.82, 2.24) is 0 Å². The Labute approximate surface area is 374 Å². The highest BCUT2D eigenvalue weighted by Gasteiger charge is 2.58. The highest BCUT2D eigenvalue weighted by atomic mass is 16.7. The number of carboxylic acid groups (broad SMARTS) is 1. The molecule has 1 fully saturated rings. The van der Waals surface area contributed by atoms with Crippen molar-refractivity contribution in [2.75, 3.05) is 6.61 Å². The summed E-state index contributed by atoms with van der Waals surface area (Å²) in [7, 11) is 0. The van der Waals surface area contributed by atoms with Crippen molar-refractivity contribution in [1.29, 1.82) is 0 Å². The van der Waals surface area contributed by atoms with Crippen LogP contribution in [0, 0.1) is 5.92 Å². The molecule has 0 saturated carbocycles. The number of phenolic OH excluding ortho intramolecular Hbond substituents is 11. The van der Waals surface area contributed by atoms with Crippen LogP contribution in [0.15, 0.2) is 30.3 Å². The molecular formula is C41H30O27. The minimum absolute atomic E-state index is 0.361. The average molecular weight is 955 g/mol. The van der Waals surface area contributed by atoms with Crippen LogP contribution >= 0.6 is 0 Å². The number of carbonyl (C=O) groups excluding carboxylic acids is 6. The number of ether oxygens (including phenoxy) is 7. The number of hydrogen-bond acceptors (Lipinski definition) is 26. The summed E-state index contributed by atoms with van der Waals surface area (Å²) in [5.41, 5.74) is -7.08. The predicted octanol–water partition coefficient (Wildman–Crippen LogP) is -0.00170. The zero-order valence-electron chi connectivity index (χ0n) is 33.4. The van der Waals surface area contributed by atoms with Crippen LogP contribution in [-0.4, -0.2) is 152 Å². The van der Waals surface area contributed by atoms with E-state index in [2.05, 4.69) is 0 Å². The lowest BCUT2D eigenvalue weighted by molar-refractivity contribution is -0.287. The topological polar surface area (TPSA) is 447 Å². The predicted molar refractivity (Wildman–Crippen MR) is 206 cm³/mol. The van der Waals surface area contributed by atoms with Gasteiger partial charge >= 0.3 is 41.8 Å². The van der Waals surface area contributed by atoms with Crippen molar-refractivity contribution in [2.24, 2.45) is 5.92 Å². The second kappa shape index (κ2) is 16.4. The molecule has 356 valence electrons. The Morgan fingerprint density at radius 3 is 1.69 bits per heavy atom. The van der Waals surface area contributed by atoms with E-state index in [4.69, 9.17) is 33.2 Å². The molecule has 0 radical (unpaired) electrons. The van der Waals surface area contributed by atoms with Crippen LogP contribution in [0.1, 0.15) is 59.3 Å². The smallest absolute Gasteiger partial charge is 0.341 e. The third-order valence-electron chi connectivity index (χ3n) is 11.2. The Kier molecular flexibility index (Phi) is 11.0. The second-order valence-electron chi connectivity index (χ2n) is 15.2. The molecule has 0 amide bonds. The van der Waals surface area contributed by atoms with Crippen molar-refractivity contribution in [3.05, 3.63) is 58.1 Å². The van der Waals surface area contributed by atoms with Crippen molar-refractivity contribution >= 4 is 41.8 Å². The van der Waals surface area contributed by atoms with Crippen LogP contribution in [0.5, 0.6) is 69.0 Å². The normalized spacial score (nSPS) is 24.3. The van der Waals surface area contributed by atoms with E-state index >= 15 is 0 Å². The molecule has 0 aromatic heterocycles. The Bertz CT molecular complexity index is 2900. The third kappa shape index (κ3) is 7.31. The molecule has 4 aromatic rings. The van der Waals surface area contributed by atoms with Crippen LogP contribution in [0.3, 0.4) is 0 Å². The second-order valence-corrected chi connectivity index (χ2v) is 15.2. The number of carboxylic acids is 1. The number of aromatic hydroxyl groups is 11. The van der Waals surface area contributed by atoms with E-state index in [0.717, 1.165) is 0 Å². The van der Waals surface area contributed by atoms with Crippen LogP contribution in [0.25, 0.3) is 11.1 Å². The van der Waals surface area contributed by atoms with Gasteiger partial charge in [0.25, 0.3) is 0 Å². The van der Waals surface area contributed by atoms with Crippen LogP contribution < -0.4 is 4.74 Å². The first-order valence-electron chi connectivity index (χ1n) is 19.2. The SMILES string of the molecule is O=C(O)C[C@@H]1C(=O)OC2[C@H]3OC(=O)c4cc(O)c(O)c(O)c4-c4c(cc(O)c(O)c4O)C(=O)OC[C@H]2O[C@@H](OC(=O)c2cc(O)c(O)c(O)c2)[C@@H]3OC(=O)c2cc(O)c(O)c3c2[C@H]1[C@H](O)C(=O)O3. The average Bonchev–Trinajstić information content (AvgIpc) is 3.28. The Hall–Kier alpha value is -9.11. The van der Waals surface area contributed by atoms with E-state index in [0.29, 0.717) is 30.3 Å². The number of carbonyl (C=O) groups is 7. The summed E-state index contributed by atoms with van der Waals surface area (Å²) in [6.45, 7) is -1.31. The standard InChI is InChI=1S/C41H30O27/c42-13-1-8(2-14(43)24(13)49)35(56)68-41-34-33-31(64-39(60)12(6-19(47)48)22-23-11(38(59)67-34)5-17(46)27(52)32(23)65-40(61)30(22)55)18(63-41)7-62-36(57)9-3-15(44)25(50)28(53)20(9)21-10(37(58)66-33)4-16(45)26(51)29(21)54/h1-5,12,18,22,30-31,33-34,41-46,49-55H,6-7H2,(H,47,48)/t12-,18+,22-,30-,31?,33+,34+,41-/m0/s1. The number of esters is 6. The van der Waals surface area contributed by atoms with Gasteiger partial charge in [0, 0.05) is 22.6 Å². The largest absolute Gasteiger partial charge is 0.504 e. The Morgan fingerprint density at radius 1 is 0.588 bits per heavy atom. The molecule has 0 aliphatic carbocycles. The van der Waals surface area contributed by atoms with Gasteiger partial charge in [0.15, 0.2) is 70.1 Å². The van der Waals surface area contributed by atoms with Crippen molar-refractivity contribution in [2.45, 2.75) is 49.1 Å². The number of fused-ring (bicyclic) bond motifs is 3. The number of phenols is 11. The van der Waals surface area contributed by atoms with E-state index in [1.807, 2.05) is 0 Å². The van der Waals surface area contributed by atoms with Crippen LogP contribution in [0.2, 0.25) is 0 Å². The van der Waals surface area contributed by atoms with Gasteiger partial charge in [-0.3, -0.25) is 9.59 Å². The highest BCUT2D eigenvalue weighted by molar-refractivity contribution is 6.08. The van der Waals surface area contributed by atoms with E-state index in [-0.39, 0.29) is 0 Å². The molecule has 1 saturated heterocycles. The highest BCUT2D eigenvalue weighted by Crippen LogP contribution is 2.54. The van der Waals surface area contributed by atoms with Gasteiger partial charge in [-0.05, 0) is 30.3 Å². The molecule has 13 N–H and O–H groups in total. The lowest BCUT2D eigenvalue weighted by Gasteiger charge is -2.44. The van der Waals surface area contributed by atoms with E-state index < -0.39 is 211 Å². The fraction of sp³-hybridized carbons (Fsp3) is 0.244. The zero-order chi connectivity index (χ0) is 49.5. The van der Waals surface area contributed by atoms with Gasteiger partial charge in [-0.2, -0.15) is 0 Å². The third-order valence-corrected chi connectivity index (χ3v) is 11.2. The molecule has 8 atom stereocenters. The first-order valence-corrected chi connectivity index (χ1v) is 19.2. The number of rotatable bonds is 4. The monoisotopic (exact) mass is 954 g/mol. The zero-order valence-corrected chi connectivity index (χ0v) is 33.4. The molecule has 27 nitrogen and oxygen atoms in total. The molecule has 1 unspecified atom stereocenters. The quantitative estimate of drug-likeness (QED) is 0.0554. The molecule has 27 heteroatoms. The van der Waals surface area contributed by atoms with Gasteiger partial charge in [-0.15, -0.1) is 0 Å². The maximum atomic E-state index is 14.6. The lowest BCUT2D eigenvalue weighted by atomic mass is 9.76. The number of cyclic esters (lactones) is 1. The molecule has 4 aliphatic heterocycles. The summed E-state index contributed by atoms with van der Waals surface area (Å²) in [5.74, 6) is -32.0. The molecule has 4 aromatic carbocycles. The summed E-state index contributed by atoms with van der Waals surface area (Å²) in [5, 5.41) is 137. The number of hydrogen-bond donors (Lipinski definition) is 13. The summed E-state index contributed by atoms with van der Waals surface area (Å²) < 4.78 is 38.8. The van der Waals surface area contributed by atoms with Gasteiger partial charge in [-0.1, -0.05) is 0 Å². The number of aliphatic hydroxyl groups excluding tert-OH is 1. The molecule has 4 aliphatic rings. The Balaban J connectivity index is 1.39. The molecule has 4 heterocycles. The van der Waals surface area contributed by atoms with Crippen LogP contribution in [-0.2, 0) is 42.8 Å². The van der Waals surface area contributed by atoms with Crippen LogP contribution in [0.4, 0.5) is 0 Å². The van der Waals surface area contributed by atoms with Gasteiger partial charge < -0.3 is 99.5 Å². The fourth-order valence-electron chi connectivity index (χ4n) is 8.04. The first-order chi connectivity index (χ1) is 32.0. The van der Waals surface area contributed by atoms with E-state index in [9.17, 15) is 99.9 Å². The van der Waals surface area contributed by atoms with Gasteiger partial charge in [-0.25, -0.2) is 24.0 Å². The summed E-state index contributed by atoms with van der Waals surface area (Å²) in [4.78, 5) is 96.8. The van der Waals surface area contributed by atoms with Crippen molar-refractivity contribution < 1.29 is 133 Å². The summed E-state index contributed by atoms with van der Waals surface area (Å²) in [6.07, 6.45) is -16.3. The minimum Gasteiger partial charge on any atom is -0.504 e. The number of aliphatic hydroxyl groups is 1. The first kappa shape index (κ1) is 45.5. The van der Waals surface area contributed by atoms with E-state index in [1.54, 1.807) is 0 Å². The Morgan fingerprint density at radius 2 is 1.10 bits per heavy atom. The molecule has 68 heavy (non-hydrogen) atoms. The maximum Gasteiger partial charge on any atom is 0.341 e. The van der Waals surface area contributed by atoms with E-state index in [1.165, 1.54) is 0 Å². The summed E-state index contributed by atoms with van der Waals surface area (Å²) in [6, 6.07) is 2.36. The molecule has 4 bridgehead atoms. The van der Waals surface area contributed by atoms with Gasteiger partial charge in [0.05, 0.1) is 34.6 Å². The van der Waals surface area contributed by atoms with Crippen molar-refractivity contribution in [3.63, 3.8) is 0 Å². The molecule has 0 spiro atoms. The maximum absolute atomic E-state index is 14.6. The lowest BCUT2D eigenvalue weighted by Crippen LogP contribution is -2.63. The number of aliphatic carboxylic acids is 1.